The van der Waals surface area contributed by atoms with Crippen molar-refractivity contribution >= 4 is 38.4 Å². The minimum Gasteiger partial charge on any atom is -0.367 e. The number of H-pyrrole nitrogens is 1. The van der Waals surface area contributed by atoms with Gasteiger partial charge in [-0.25, -0.2) is 17.6 Å². The molecule has 11 nitrogen and oxygen atoms in total. The maximum Gasteiger partial charge on any atom is 0.318 e. The highest BCUT2D eigenvalue weighted by Crippen LogP contribution is 2.28. The molecule has 3 amide bonds. The molecule has 0 aliphatic carbocycles. The van der Waals surface area contributed by atoms with Gasteiger partial charge in [-0.2, -0.15) is 5.10 Å². The smallest absolute Gasteiger partial charge is 0.318 e. The number of urea groups is 1. The van der Waals surface area contributed by atoms with Gasteiger partial charge in [0, 0.05) is 63.4 Å². The fraction of sp³-hybridized carbons (Fsp3) is 0.545. The number of nitrogens with zero attached hydrogens (tertiary/aromatic N) is 5. The molecular formula is C33H44FN7O4S. The molecule has 46 heavy (non-hydrogen) atoms. The van der Waals surface area contributed by atoms with Crippen LogP contribution in [0.5, 0.6) is 0 Å². The second kappa shape index (κ2) is 13.6. The van der Waals surface area contributed by atoms with Crippen LogP contribution in [-0.2, 0) is 21.1 Å². The average molecular weight is 654 g/mol. The Balaban J connectivity index is 1.14. The number of aromatic nitrogens is 2. The second-order valence-electron chi connectivity index (χ2n) is 13.0. The van der Waals surface area contributed by atoms with Crippen LogP contribution in [0.1, 0.15) is 43.2 Å². The standard InChI is InChI=1S/C33H44FN7O4S/c1-23-18-24(19-25-22-35-37-31(23)25)20-28(32(42)40-12-8-27(9-13-40)38-10-4-3-5-11-38)36-33(43)41-16-14-39(15-17-41)29-7-6-26(34)21-30(29)46(2,44)45/h6-7,18-19,21-22,27-28H,3-5,8-17,20H2,1-2H3,(H,35,37)(H,36,43)/t28-/m1/s1. The predicted octanol–water partition coefficient (Wildman–Crippen LogP) is 3.33. The number of piperazine rings is 1. The molecule has 3 saturated heterocycles. The molecule has 1 aromatic heterocycles. The minimum absolute atomic E-state index is 0.0648. The summed E-state index contributed by atoms with van der Waals surface area (Å²) in [5.74, 6) is -0.686. The molecule has 248 valence electrons. The molecule has 6 rings (SSSR count). The second-order valence-corrected chi connectivity index (χ2v) is 14.9. The fourth-order valence-corrected chi connectivity index (χ4v) is 8.16. The Labute approximate surface area is 270 Å². The van der Waals surface area contributed by atoms with Crippen molar-refractivity contribution in [1.29, 1.82) is 0 Å². The molecule has 0 saturated carbocycles. The van der Waals surface area contributed by atoms with Crippen LogP contribution in [0.2, 0.25) is 0 Å². The first-order valence-corrected chi connectivity index (χ1v) is 18.2. The summed E-state index contributed by atoms with van der Waals surface area (Å²) in [7, 11) is -3.65. The molecule has 2 N–H and O–H groups in total. The number of likely N-dealkylation sites (tertiary alicyclic amines) is 2. The first kappa shape index (κ1) is 32.2. The van der Waals surface area contributed by atoms with Crippen LogP contribution in [0.25, 0.3) is 10.9 Å². The summed E-state index contributed by atoms with van der Waals surface area (Å²) in [6.07, 6.45) is 8.83. The molecule has 0 unspecified atom stereocenters. The lowest BCUT2D eigenvalue weighted by molar-refractivity contribution is -0.134. The summed E-state index contributed by atoms with van der Waals surface area (Å²) in [5.41, 5.74) is 3.35. The maximum atomic E-state index is 14.1. The summed E-state index contributed by atoms with van der Waals surface area (Å²) >= 11 is 0. The van der Waals surface area contributed by atoms with E-state index in [9.17, 15) is 22.4 Å². The number of nitrogens with one attached hydrogen (secondary N) is 2. The molecule has 2 aromatic carbocycles. The summed E-state index contributed by atoms with van der Waals surface area (Å²) in [6, 6.07) is 7.25. The van der Waals surface area contributed by atoms with Crippen molar-refractivity contribution in [1.82, 2.24) is 30.2 Å². The molecule has 0 spiro atoms. The van der Waals surface area contributed by atoms with E-state index < -0.39 is 21.7 Å². The van der Waals surface area contributed by atoms with Gasteiger partial charge in [0.25, 0.3) is 0 Å². The maximum absolute atomic E-state index is 14.1. The lowest BCUT2D eigenvalue weighted by Crippen LogP contribution is -2.58. The van der Waals surface area contributed by atoms with Gasteiger partial charge >= 0.3 is 6.03 Å². The zero-order chi connectivity index (χ0) is 32.4. The predicted molar refractivity (Wildman–Crippen MR) is 175 cm³/mol. The van der Waals surface area contributed by atoms with Crippen molar-refractivity contribution < 1.29 is 22.4 Å². The number of fused-ring (bicyclic) bond motifs is 1. The van der Waals surface area contributed by atoms with Crippen molar-refractivity contribution in [3.8, 4) is 0 Å². The van der Waals surface area contributed by atoms with E-state index in [-0.39, 0.29) is 16.8 Å². The number of hydrogen-bond donors (Lipinski definition) is 2. The Morgan fingerprint density at radius 3 is 2.39 bits per heavy atom. The molecule has 1 atom stereocenters. The number of halogens is 1. The van der Waals surface area contributed by atoms with Gasteiger partial charge in [0.2, 0.25) is 5.91 Å². The van der Waals surface area contributed by atoms with Crippen LogP contribution in [0, 0.1) is 12.7 Å². The van der Waals surface area contributed by atoms with Crippen molar-refractivity contribution in [2.45, 2.75) is 62.4 Å². The summed E-state index contributed by atoms with van der Waals surface area (Å²) in [5, 5.41) is 11.2. The molecule has 0 radical (unpaired) electrons. The third-order valence-corrected chi connectivity index (χ3v) is 10.9. The number of sulfone groups is 1. The van der Waals surface area contributed by atoms with Crippen LogP contribution >= 0.6 is 0 Å². The zero-order valence-corrected chi connectivity index (χ0v) is 27.5. The average Bonchev–Trinajstić information content (AvgIpc) is 3.54. The number of amides is 3. The summed E-state index contributed by atoms with van der Waals surface area (Å²) in [4.78, 5) is 35.7. The van der Waals surface area contributed by atoms with Gasteiger partial charge in [0.15, 0.2) is 9.84 Å². The quantitative estimate of drug-likeness (QED) is 0.401. The van der Waals surface area contributed by atoms with E-state index in [0.29, 0.717) is 57.4 Å². The molecule has 3 fully saturated rings. The number of aromatic amines is 1. The number of hydrogen-bond acceptors (Lipinski definition) is 7. The third-order valence-electron chi connectivity index (χ3n) is 9.75. The van der Waals surface area contributed by atoms with Crippen LogP contribution in [0.4, 0.5) is 14.9 Å². The number of carbonyl (C=O) groups excluding carboxylic acids is 2. The Bertz CT molecular complexity index is 1670. The number of piperidine rings is 2. The lowest BCUT2D eigenvalue weighted by atomic mass is 9.97. The van der Waals surface area contributed by atoms with Gasteiger partial charge < -0.3 is 24.9 Å². The van der Waals surface area contributed by atoms with Gasteiger partial charge in [0.1, 0.15) is 11.9 Å². The monoisotopic (exact) mass is 653 g/mol. The molecule has 3 aliphatic heterocycles. The number of rotatable bonds is 7. The highest BCUT2D eigenvalue weighted by molar-refractivity contribution is 7.90. The topological polar surface area (TPSA) is 122 Å². The SMILES string of the molecule is Cc1cc(C[C@@H](NC(=O)N2CCN(c3ccc(F)cc3S(C)(=O)=O)CC2)C(=O)N2CCC(N3CCCCC3)CC2)cc2cn[nH]c12. The van der Waals surface area contributed by atoms with Crippen LogP contribution in [0.15, 0.2) is 41.4 Å². The molecular weight excluding hydrogens is 609 g/mol. The Hall–Kier alpha value is -3.71. The zero-order valence-electron chi connectivity index (χ0n) is 26.7. The fourth-order valence-electron chi connectivity index (χ4n) is 7.26. The van der Waals surface area contributed by atoms with E-state index in [2.05, 4.69) is 20.4 Å². The van der Waals surface area contributed by atoms with Crippen LogP contribution in [-0.4, -0.2) is 116 Å². The van der Waals surface area contributed by atoms with Crippen LogP contribution in [0.3, 0.4) is 0 Å². The Morgan fingerprint density at radius 1 is 0.978 bits per heavy atom. The van der Waals surface area contributed by atoms with E-state index in [1.165, 1.54) is 31.4 Å². The highest BCUT2D eigenvalue weighted by atomic mass is 32.2. The van der Waals surface area contributed by atoms with Crippen molar-refractivity contribution in [2.24, 2.45) is 0 Å². The molecule has 13 heteroatoms. The lowest BCUT2D eigenvalue weighted by Gasteiger charge is -2.41. The van der Waals surface area contributed by atoms with E-state index in [1.807, 2.05) is 28.9 Å². The highest BCUT2D eigenvalue weighted by Gasteiger charge is 2.33. The van der Waals surface area contributed by atoms with E-state index in [4.69, 9.17) is 0 Å². The first-order chi connectivity index (χ1) is 22.1. The van der Waals surface area contributed by atoms with E-state index in [1.54, 1.807) is 11.1 Å². The van der Waals surface area contributed by atoms with Gasteiger partial charge in [-0.1, -0.05) is 12.5 Å². The van der Waals surface area contributed by atoms with E-state index >= 15 is 0 Å². The number of carbonyl (C=O) groups is 2. The minimum atomic E-state index is -3.65. The van der Waals surface area contributed by atoms with E-state index in [0.717, 1.165) is 60.3 Å². The van der Waals surface area contributed by atoms with Crippen molar-refractivity contribution in [2.75, 3.05) is 63.5 Å². The van der Waals surface area contributed by atoms with Crippen molar-refractivity contribution in [3.05, 3.63) is 53.5 Å². The molecule has 4 heterocycles. The third kappa shape index (κ3) is 7.15. The largest absolute Gasteiger partial charge is 0.367 e. The Kier molecular flexibility index (Phi) is 9.51. The number of benzene rings is 2. The first-order valence-electron chi connectivity index (χ1n) is 16.3. The number of anilines is 1. The Morgan fingerprint density at radius 2 is 1.70 bits per heavy atom. The summed E-state index contributed by atoms with van der Waals surface area (Å²) in [6.45, 7) is 7.02. The van der Waals surface area contributed by atoms with Gasteiger partial charge in [-0.15, -0.1) is 0 Å². The van der Waals surface area contributed by atoms with Gasteiger partial charge in [0.05, 0.1) is 22.3 Å². The van der Waals surface area contributed by atoms with Crippen LogP contribution < -0.4 is 10.2 Å². The normalized spacial score (nSPS) is 19.4. The molecule has 3 aliphatic rings. The van der Waals surface area contributed by atoms with Gasteiger partial charge in [-0.05, 0) is 81.1 Å². The molecule has 0 bridgehead atoms. The van der Waals surface area contributed by atoms with Crippen molar-refractivity contribution in [3.63, 3.8) is 0 Å². The summed E-state index contributed by atoms with van der Waals surface area (Å²) < 4.78 is 38.6. The molecule has 3 aromatic rings. The number of aryl methyl sites for hydroxylation is 1. The van der Waals surface area contributed by atoms with Gasteiger partial charge in [-0.3, -0.25) is 9.89 Å².